The van der Waals surface area contributed by atoms with E-state index in [1.54, 1.807) is 23.8 Å². The van der Waals surface area contributed by atoms with Gasteiger partial charge in [0.1, 0.15) is 5.41 Å². The fraction of sp³-hybridized carbons (Fsp3) is 0.812. The van der Waals surface area contributed by atoms with Crippen molar-refractivity contribution in [2.45, 2.75) is 26.2 Å². The molecule has 0 unspecified atom stereocenters. The number of amides is 3. The summed E-state index contributed by atoms with van der Waals surface area (Å²) in [6, 6.07) is 0. The van der Waals surface area contributed by atoms with Crippen molar-refractivity contribution in [3.63, 3.8) is 0 Å². The molecule has 0 radical (unpaired) electrons. The largest absolute Gasteiger partial charge is 0.450 e. The number of carbonyl (C=O) groups is 3. The predicted molar refractivity (Wildman–Crippen MR) is 86.3 cm³/mol. The van der Waals surface area contributed by atoms with Crippen molar-refractivity contribution in [2.75, 3.05) is 53.0 Å². The Balaban J connectivity index is 1.81. The number of piperazine rings is 1. The third-order valence-corrected chi connectivity index (χ3v) is 4.50. The van der Waals surface area contributed by atoms with Crippen LogP contribution in [-0.4, -0.2) is 80.8 Å². The lowest BCUT2D eigenvalue weighted by atomic mass is 10.0. The van der Waals surface area contributed by atoms with Crippen molar-refractivity contribution in [2.24, 2.45) is 5.41 Å². The first kappa shape index (κ1) is 18.5. The maximum atomic E-state index is 12.7. The van der Waals surface area contributed by atoms with Crippen LogP contribution in [0.3, 0.4) is 0 Å². The number of methoxy groups -OCH3 is 1. The van der Waals surface area contributed by atoms with Gasteiger partial charge in [0.25, 0.3) is 0 Å². The average molecular weight is 341 g/mol. The Morgan fingerprint density at radius 3 is 2.25 bits per heavy atom. The number of rotatable bonds is 7. The van der Waals surface area contributed by atoms with Gasteiger partial charge >= 0.3 is 6.09 Å². The van der Waals surface area contributed by atoms with Crippen LogP contribution in [0.25, 0.3) is 0 Å². The normalized spacial score (nSPS) is 18.9. The molecule has 1 heterocycles. The molecule has 2 rings (SSSR count). The van der Waals surface area contributed by atoms with E-state index in [1.807, 2.05) is 0 Å². The molecule has 1 N–H and O–H groups in total. The molecule has 2 aliphatic rings. The van der Waals surface area contributed by atoms with Gasteiger partial charge in [-0.25, -0.2) is 4.79 Å². The van der Waals surface area contributed by atoms with Crippen LogP contribution in [0.4, 0.5) is 4.79 Å². The van der Waals surface area contributed by atoms with Crippen LogP contribution in [0.15, 0.2) is 0 Å². The van der Waals surface area contributed by atoms with Crippen LogP contribution >= 0.6 is 0 Å². The lowest BCUT2D eigenvalue weighted by Crippen LogP contribution is -2.54. The Labute approximate surface area is 142 Å². The van der Waals surface area contributed by atoms with E-state index in [4.69, 9.17) is 9.47 Å². The summed E-state index contributed by atoms with van der Waals surface area (Å²) in [7, 11) is 1.61. The molecule has 8 nitrogen and oxygen atoms in total. The minimum Gasteiger partial charge on any atom is -0.450 e. The van der Waals surface area contributed by atoms with Gasteiger partial charge in [0.2, 0.25) is 11.8 Å². The van der Waals surface area contributed by atoms with E-state index in [1.165, 1.54) is 0 Å². The van der Waals surface area contributed by atoms with E-state index in [2.05, 4.69) is 5.32 Å². The summed E-state index contributed by atoms with van der Waals surface area (Å²) in [4.78, 5) is 40.0. The molecule has 1 saturated carbocycles. The monoisotopic (exact) mass is 341 g/mol. The van der Waals surface area contributed by atoms with Gasteiger partial charge in [-0.1, -0.05) is 0 Å². The van der Waals surface area contributed by atoms with Crippen LogP contribution in [0.2, 0.25) is 0 Å². The van der Waals surface area contributed by atoms with Gasteiger partial charge in [-0.05, 0) is 26.2 Å². The molecule has 3 amide bonds. The van der Waals surface area contributed by atoms with Crippen molar-refractivity contribution in [3.05, 3.63) is 0 Å². The van der Waals surface area contributed by atoms with Gasteiger partial charge in [0.15, 0.2) is 0 Å². The highest BCUT2D eigenvalue weighted by molar-refractivity contribution is 6.07. The zero-order valence-corrected chi connectivity index (χ0v) is 14.5. The lowest BCUT2D eigenvalue weighted by molar-refractivity contribution is -0.145. The van der Waals surface area contributed by atoms with E-state index >= 15 is 0 Å². The Morgan fingerprint density at radius 1 is 1.08 bits per heavy atom. The van der Waals surface area contributed by atoms with Crippen molar-refractivity contribution >= 4 is 17.9 Å². The Morgan fingerprint density at radius 2 is 1.71 bits per heavy atom. The van der Waals surface area contributed by atoms with E-state index in [9.17, 15) is 14.4 Å². The van der Waals surface area contributed by atoms with Gasteiger partial charge in [0.05, 0.1) is 6.61 Å². The second-order valence-electron chi connectivity index (χ2n) is 6.16. The van der Waals surface area contributed by atoms with E-state index in [0.29, 0.717) is 58.8 Å². The molecule has 2 fully saturated rings. The van der Waals surface area contributed by atoms with E-state index in [-0.39, 0.29) is 17.9 Å². The minimum absolute atomic E-state index is 0.116. The molecule has 1 aliphatic carbocycles. The van der Waals surface area contributed by atoms with Gasteiger partial charge in [-0.3, -0.25) is 9.59 Å². The van der Waals surface area contributed by atoms with Crippen LogP contribution in [0, 0.1) is 5.41 Å². The summed E-state index contributed by atoms with van der Waals surface area (Å²) >= 11 is 0. The third-order valence-electron chi connectivity index (χ3n) is 4.50. The number of carbonyl (C=O) groups excluding carboxylic acids is 3. The third kappa shape index (κ3) is 4.17. The molecular weight excluding hydrogens is 314 g/mol. The van der Waals surface area contributed by atoms with Crippen LogP contribution in [0.1, 0.15) is 26.2 Å². The molecule has 0 bridgehead atoms. The smallest absolute Gasteiger partial charge is 0.409 e. The summed E-state index contributed by atoms with van der Waals surface area (Å²) in [6.45, 7) is 4.96. The average Bonchev–Trinajstić information content (AvgIpc) is 3.40. The van der Waals surface area contributed by atoms with E-state index < -0.39 is 5.41 Å². The SMILES string of the molecule is CCOC(=O)N1CCN(C(=O)C2(C(=O)NCCCOC)CC2)CC1. The maximum Gasteiger partial charge on any atom is 0.409 e. The lowest BCUT2D eigenvalue weighted by Gasteiger charge is -2.35. The quantitative estimate of drug-likeness (QED) is 0.529. The summed E-state index contributed by atoms with van der Waals surface area (Å²) in [5.74, 6) is -0.299. The second kappa shape index (κ2) is 8.32. The van der Waals surface area contributed by atoms with Gasteiger partial charge in [0, 0.05) is 46.4 Å². The topological polar surface area (TPSA) is 88.2 Å². The van der Waals surface area contributed by atoms with Crippen molar-refractivity contribution in [1.82, 2.24) is 15.1 Å². The zero-order valence-electron chi connectivity index (χ0n) is 14.5. The van der Waals surface area contributed by atoms with Crippen molar-refractivity contribution in [1.29, 1.82) is 0 Å². The molecule has 136 valence electrons. The minimum atomic E-state index is -0.890. The number of hydrogen-bond donors (Lipinski definition) is 1. The van der Waals surface area contributed by atoms with E-state index in [0.717, 1.165) is 6.42 Å². The molecule has 24 heavy (non-hydrogen) atoms. The highest BCUT2D eigenvalue weighted by Crippen LogP contribution is 2.47. The van der Waals surface area contributed by atoms with Gasteiger partial charge in [-0.2, -0.15) is 0 Å². The van der Waals surface area contributed by atoms with Gasteiger partial charge in [-0.15, -0.1) is 0 Å². The standard InChI is InChI=1S/C16H27N3O5/c1-3-24-15(22)19-10-8-18(9-11-19)14(21)16(5-6-16)13(20)17-7-4-12-23-2/h3-12H2,1-2H3,(H,17,20). The molecule has 0 aromatic rings. The molecule has 0 atom stereocenters. The Hall–Kier alpha value is -1.83. The number of nitrogens with one attached hydrogen (secondary N) is 1. The molecule has 8 heteroatoms. The van der Waals surface area contributed by atoms with Crippen LogP contribution in [-0.2, 0) is 19.1 Å². The Bertz CT molecular complexity index is 470. The second-order valence-corrected chi connectivity index (χ2v) is 6.16. The first-order valence-corrected chi connectivity index (χ1v) is 8.53. The zero-order chi connectivity index (χ0) is 17.6. The number of nitrogens with zero attached hydrogens (tertiary/aromatic N) is 2. The highest BCUT2D eigenvalue weighted by Gasteiger charge is 2.58. The van der Waals surface area contributed by atoms with Crippen LogP contribution in [0.5, 0.6) is 0 Å². The summed E-state index contributed by atoms with van der Waals surface area (Å²) < 4.78 is 9.91. The van der Waals surface area contributed by atoms with Gasteiger partial charge < -0.3 is 24.6 Å². The summed E-state index contributed by atoms with van der Waals surface area (Å²) in [5, 5.41) is 2.83. The van der Waals surface area contributed by atoms with Crippen LogP contribution < -0.4 is 5.32 Å². The summed E-state index contributed by atoms with van der Waals surface area (Å²) in [6.07, 6.45) is 1.58. The first-order valence-electron chi connectivity index (χ1n) is 8.53. The highest BCUT2D eigenvalue weighted by atomic mass is 16.6. The van der Waals surface area contributed by atoms with Crippen molar-refractivity contribution < 1.29 is 23.9 Å². The predicted octanol–water partition coefficient (Wildman–Crippen LogP) is 0.220. The molecule has 1 saturated heterocycles. The molecular formula is C16H27N3O5. The fourth-order valence-corrected chi connectivity index (χ4v) is 2.86. The number of ether oxygens (including phenoxy) is 2. The number of hydrogen-bond acceptors (Lipinski definition) is 5. The maximum absolute atomic E-state index is 12.7. The Kier molecular flexibility index (Phi) is 6.42. The summed E-state index contributed by atoms with van der Waals surface area (Å²) in [5.41, 5.74) is -0.890. The molecule has 0 aromatic carbocycles. The molecule has 0 aromatic heterocycles. The first-order chi connectivity index (χ1) is 11.5. The molecule has 1 aliphatic heterocycles. The van der Waals surface area contributed by atoms with Crippen molar-refractivity contribution in [3.8, 4) is 0 Å². The fourth-order valence-electron chi connectivity index (χ4n) is 2.86. The molecule has 0 spiro atoms.